The Balaban J connectivity index is 1.85. The Kier molecular flexibility index (Phi) is 6.86. The van der Waals surface area contributed by atoms with Crippen LogP contribution in [0.1, 0.15) is 41.9 Å². The second kappa shape index (κ2) is 9.70. The number of carbonyl (C=O) groups is 2. The number of anilines is 1. The van der Waals surface area contributed by atoms with Gasteiger partial charge in [0.2, 0.25) is 0 Å². The first-order valence-corrected chi connectivity index (χ1v) is 12.4. The summed E-state index contributed by atoms with van der Waals surface area (Å²) in [6.07, 6.45) is 1.82. The van der Waals surface area contributed by atoms with Gasteiger partial charge in [0.25, 0.3) is 5.91 Å². The molecule has 4 rings (SSSR count). The van der Waals surface area contributed by atoms with Crippen molar-refractivity contribution in [1.82, 2.24) is 4.57 Å². The molecular formula is C29H29BrN2O3. The fourth-order valence-electron chi connectivity index (χ4n) is 4.70. The van der Waals surface area contributed by atoms with Crippen LogP contribution in [0.4, 0.5) is 5.69 Å². The standard InChI is InChI=1S/C29H29BrN2O3/c1-7-35-29(34)27-21(6)32(24-11-9-23(30)10-12-24)28(33)25(27)16-22-15-19(4)31(20(22)5)26-13-8-17(2)14-18(26)3/h8-16H,7H2,1-6H3/b25-16-. The quantitative estimate of drug-likeness (QED) is 0.270. The zero-order valence-electron chi connectivity index (χ0n) is 20.9. The van der Waals surface area contributed by atoms with Crippen molar-refractivity contribution in [2.45, 2.75) is 41.5 Å². The van der Waals surface area contributed by atoms with Crippen LogP contribution in [-0.4, -0.2) is 23.1 Å². The van der Waals surface area contributed by atoms with Crippen molar-refractivity contribution in [1.29, 1.82) is 0 Å². The lowest BCUT2D eigenvalue weighted by atomic mass is 10.0. The highest BCUT2D eigenvalue weighted by molar-refractivity contribution is 9.10. The second-order valence-corrected chi connectivity index (χ2v) is 9.72. The van der Waals surface area contributed by atoms with Crippen molar-refractivity contribution in [2.24, 2.45) is 0 Å². The van der Waals surface area contributed by atoms with Crippen LogP contribution < -0.4 is 4.90 Å². The van der Waals surface area contributed by atoms with Crippen molar-refractivity contribution in [3.8, 4) is 5.69 Å². The molecule has 0 aliphatic carbocycles. The largest absolute Gasteiger partial charge is 0.462 e. The molecule has 1 amide bonds. The number of esters is 1. The maximum Gasteiger partial charge on any atom is 0.340 e. The van der Waals surface area contributed by atoms with Gasteiger partial charge in [-0.25, -0.2) is 4.79 Å². The van der Waals surface area contributed by atoms with Crippen LogP contribution in [0.25, 0.3) is 11.8 Å². The van der Waals surface area contributed by atoms with Crippen LogP contribution in [0.5, 0.6) is 0 Å². The lowest BCUT2D eigenvalue weighted by Crippen LogP contribution is -2.24. The molecule has 0 spiro atoms. The molecule has 0 radical (unpaired) electrons. The third-order valence-corrected chi connectivity index (χ3v) is 6.86. The van der Waals surface area contributed by atoms with Gasteiger partial charge in [0.1, 0.15) is 0 Å². The average molecular weight is 533 g/mol. The number of benzene rings is 2. The van der Waals surface area contributed by atoms with Gasteiger partial charge < -0.3 is 9.30 Å². The van der Waals surface area contributed by atoms with Crippen LogP contribution in [0.15, 0.2) is 69.8 Å². The minimum atomic E-state index is -0.493. The predicted octanol–water partition coefficient (Wildman–Crippen LogP) is 6.74. The summed E-state index contributed by atoms with van der Waals surface area (Å²) >= 11 is 3.44. The average Bonchev–Trinajstić information content (AvgIpc) is 3.21. The highest BCUT2D eigenvalue weighted by atomic mass is 79.9. The molecule has 0 fully saturated rings. The molecule has 0 saturated carbocycles. The van der Waals surface area contributed by atoms with E-state index < -0.39 is 5.97 Å². The van der Waals surface area contributed by atoms with Crippen LogP contribution in [-0.2, 0) is 14.3 Å². The number of aromatic nitrogens is 1. The number of hydrogen-bond donors (Lipinski definition) is 0. The zero-order valence-corrected chi connectivity index (χ0v) is 22.5. The van der Waals surface area contributed by atoms with Gasteiger partial charge in [0, 0.05) is 32.9 Å². The Morgan fingerprint density at radius 3 is 2.31 bits per heavy atom. The van der Waals surface area contributed by atoms with E-state index in [0.717, 1.165) is 27.1 Å². The maximum absolute atomic E-state index is 13.7. The summed E-state index contributed by atoms with van der Waals surface area (Å²) in [7, 11) is 0. The third-order valence-electron chi connectivity index (χ3n) is 6.33. The van der Waals surface area contributed by atoms with E-state index in [2.05, 4.69) is 58.6 Å². The lowest BCUT2D eigenvalue weighted by Gasteiger charge is -2.18. The van der Waals surface area contributed by atoms with E-state index >= 15 is 0 Å². The number of allylic oxidation sites excluding steroid dienone is 1. The highest BCUT2D eigenvalue weighted by Crippen LogP contribution is 2.37. The predicted molar refractivity (Wildman–Crippen MR) is 144 cm³/mol. The molecule has 1 aromatic heterocycles. The van der Waals surface area contributed by atoms with Crippen molar-refractivity contribution >= 4 is 39.6 Å². The van der Waals surface area contributed by atoms with E-state index in [1.165, 1.54) is 11.1 Å². The van der Waals surface area contributed by atoms with Gasteiger partial charge in [-0.3, -0.25) is 9.69 Å². The molecule has 0 saturated heterocycles. The Bertz CT molecular complexity index is 1390. The number of hydrogen-bond acceptors (Lipinski definition) is 3. The van der Waals surface area contributed by atoms with Crippen molar-refractivity contribution < 1.29 is 14.3 Å². The molecule has 0 bridgehead atoms. The third kappa shape index (κ3) is 4.50. The number of ether oxygens (including phenoxy) is 1. The van der Waals surface area contributed by atoms with Crippen molar-refractivity contribution in [3.63, 3.8) is 0 Å². The summed E-state index contributed by atoms with van der Waals surface area (Å²) in [6.45, 7) is 12.0. The molecule has 6 heteroatoms. The molecule has 0 N–H and O–H groups in total. The molecular weight excluding hydrogens is 504 g/mol. The van der Waals surface area contributed by atoms with Crippen molar-refractivity contribution in [2.75, 3.05) is 11.5 Å². The minimum Gasteiger partial charge on any atom is -0.462 e. The molecule has 1 aliphatic rings. The van der Waals surface area contributed by atoms with Gasteiger partial charge in [-0.05, 0) is 95.1 Å². The monoisotopic (exact) mass is 532 g/mol. The summed E-state index contributed by atoms with van der Waals surface area (Å²) in [6, 6.07) is 15.9. The van der Waals surface area contributed by atoms with Gasteiger partial charge in [0.05, 0.1) is 17.8 Å². The molecule has 1 aliphatic heterocycles. The number of halogens is 1. The summed E-state index contributed by atoms with van der Waals surface area (Å²) < 4.78 is 8.44. The second-order valence-electron chi connectivity index (χ2n) is 8.81. The van der Waals surface area contributed by atoms with Gasteiger partial charge in [-0.2, -0.15) is 0 Å². The van der Waals surface area contributed by atoms with Crippen LogP contribution in [0.3, 0.4) is 0 Å². The molecule has 180 valence electrons. The lowest BCUT2D eigenvalue weighted by molar-refractivity contribution is -0.138. The number of rotatable bonds is 5. The van der Waals surface area contributed by atoms with E-state index in [9.17, 15) is 9.59 Å². The SMILES string of the molecule is CCOC(=O)C1=C(C)N(c2ccc(Br)cc2)C(=O)/C1=C\c1cc(C)n(-c2ccc(C)cc2C)c1C. The summed E-state index contributed by atoms with van der Waals surface area (Å²) in [5.74, 6) is -0.739. The first-order chi connectivity index (χ1) is 16.6. The number of carbonyl (C=O) groups excluding carboxylic acids is 2. The number of aryl methyl sites for hydroxylation is 3. The van der Waals surface area contributed by atoms with Gasteiger partial charge in [-0.1, -0.05) is 33.6 Å². The summed E-state index contributed by atoms with van der Waals surface area (Å²) in [4.78, 5) is 28.2. The number of nitrogens with zero attached hydrogens (tertiary/aromatic N) is 2. The maximum atomic E-state index is 13.7. The Morgan fingerprint density at radius 2 is 1.69 bits per heavy atom. The van der Waals surface area contributed by atoms with Crippen LogP contribution >= 0.6 is 15.9 Å². The van der Waals surface area contributed by atoms with E-state index in [0.29, 0.717) is 22.5 Å². The van der Waals surface area contributed by atoms with E-state index in [-0.39, 0.29) is 12.5 Å². The molecule has 0 atom stereocenters. The number of amides is 1. The molecule has 0 unspecified atom stereocenters. The molecule has 3 aromatic rings. The summed E-state index contributed by atoms with van der Waals surface area (Å²) in [5.41, 5.74) is 8.31. The molecule has 2 aromatic carbocycles. The van der Waals surface area contributed by atoms with E-state index in [1.54, 1.807) is 18.7 Å². The van der Waals surface area contributed by atoms with Gasteiger partial charge in [0.15, 0.2) is 0 Å². The topological polar surface area (TPSA) is 51.5 Å². The van der Waals surface area contributed by atoms with Gasteiger partial charge >= 0.3 is 5.97 Å². The van der Waals surface area contributed by atoms with Crippen LogP contribution in [0.2, 0.25) is 0 Å². The smallest absolute Gasteiger partial charge is 0.340 e. The van der Waals surface area contributed by atoms with E-state index in [4.69, 9.17) is 4.74 Å². The summed E-state index contributed by atoms with van der Waals surface area (Å²) in [5, 5.41) is 0. The first-order valence-electron chi connectivity index (χ1n) is 11.6. The highest BCUT2D eigenvalue weighted by Gasteiger charge is 2.38. The Labute approximate surface area is 214 Å². The normalized spacial score (nSPS) is 14.9. The molecule has 5 nitrogen and oxygen atoms in total. The Morgan fingerprint density at radius 1 is 1.00 bits per heavy atom. The fourth-order valence-corrected chi connectivity index (χ4v) is 4.96. The fraction of sp³-hybridized carbons (Fsp3) is 0.241. The first kappa shape index (κ1) is 24.7. The Hall–Kier alpha value is -3.38. The van der Waals surface area contributed by atoms with Crippen molar-refractivity contribution in [3.05, 3.63) is 97.9 Å². The van der Waals surface area contributed by atoms with E-state index in [1.807, 2.05) is 44.2 Å². The molecule has 2 heterocycles. The minimum absolute atomic E-state index is 0.233. The molecule has 35 heavy (non-hydrogen) atoms. The van der Waals surface area contributed by atoms with Gasteiger partial charge in [-0.15, -0.1) is 0 Å². The van der Waals surface area contributed by atoms with Crippen LogP contribution in [0, 0.1) is 27.7 Å². The zero-order chi connectivity index (χ0) is 25.4.